The quantitative estimate of drug-likeness (QED) is 0.882. The summed E-state index contributed by atoms with van der Waals surface area (Å²) < 4.78 is 31.7. The fraction of sp³-hybridized carbons (Fsp3) is 0.583. The summed E-state index contributed by atoms with van der Waals surface area (Å²) in [4.78, 5) is 6.26. The average molecular weight is 318 g/mol. The molecular weight excluding hydrogens is 302 g/mol. The molecule has 0 saturated carbocycles. The van der Waals surface area contributed by atoms with Crippen LogP contribution in [-0.4, -0.2) is 51.0 Å². The van der Waals surface area contributed by atoms with E-state index in [9.17, 15) is 8.42 Å². The normalized spacial score (nSPS) is 23.9. The summed E-state index contributed by atoms with van der Waals surface area (Å²) in [6.45, 7) is 1.91. The van der Waals surface area contributed by atoms with E-state index in [2.05, 4.69) is 9.71 Å². The van der Waals surface area contributed by atoms with E-state index >= 15 is 0 Å². The number of rotatable bonds is 4. The number of sulfonamides is 1. The Kier molecular flexibility index (Phi) is 3.85. The number of nitrogens with zero attached hydrogens (tertiary/aromatic N) is 2. The Bertz CT molecular complexity index is 591. The zero-order chi connectivity index (χ0) is 14.2. The van der Waals surface area contributed by atoms with E-state index in [0.29, 0.717) is 17.4 Å². The molecular formula is C12H16ClN3O3S. The van der Waals surface area contributed by atoms with Crippen molar-refractivity contribution < 1.29 is 13.2 Å². The lowest BCUT2D eigenvalue weighted by Crippen LogP contribution is -2.50. The predicted octanol–water partition coefficient (Wildman–Crippen LogP) is 0.632. The maximum Gasteiger partial charge on any atom is 0.219 e. The topological polar surface area (TPSA) is 71.5 Å². The summed E-state index contributed by atoms with van der Waals surface area (Å²) >= 11 is 6.11. The number of halogens is 1. The Balaban J connectivity index is 1.64. The minimum atomic E-state index is -3.28. The van der Waals surface area contributed by atoms with E-state index < -0.39 is 15.3 Å². The van der Waals surface area contributed by atoms with Gasteiger partial charge in [-0.15, -0.1) is 0 Å². The molecule has 1 atom stereocenters. The van der Waals surface area contributed by atoms with E-state index in [1.165, 1.54) is 0 Å². The second-order valence-electron chi connectivity index (χ2n) is 5.06. The molecule has 2 fully saturated rings. The lowest BCUT2D eigenvalue weighted by molar-refractivity contribution is 0.0410. The number of nitrogens with one attached hydrogen (secondary N) is 1. The molecule has 2 aliphatic heterocycles. The molecule has 1 aromatic rings. The van der Waals surface area contributed by atoms with Crippen molar-refractivity contribution in [2.45, 2.75) is 17.7 Å². The van der Waals surface area contributed by atoms with Crippen LogP contribution in [0, 0.1) is 0 Å². The minimum Gasteiger partial charge on any atom is -0.378 e. The first kappa shape index (κ1) is 14.1. The molecule has 8 heteroatoms. The highest BCUT2D eigenvalue weighted by Gasteiger charge is 2.36. The van der Waals surface area contributed by atoms with Gasteiger partial charge in [-0.2, -0.15) is 0 Å². The third kappa shape index (κ3) is 2.76. The highest BCUT2D eigenvalue weighted by Crippen LogP contribution is 2.26. The van der Waals surface area contributed by atoms with Gasteiger partial charge in [0.1, 0.15) is 11.1 Å². The van der Waals surface area contributed by atoms with Gasteiger partial charge in [0, 0.05) is 25.3 Å². The summed E-state index contributed by atoms with van der Waals surface area (Å²) in [6.07, 6.45) is 2.43. The lowest BCUT2D eigenvalue weighted by atomic mass is 10.3. The zero-order valence-electron chi connectivity index (χ0n) is 10.8. The Hall–Kier alpha value is -0.890. The highest BCUT2D eigenvalue weighted by atomic mass is 35.5. The van der Waals surface area contributed by atoms with Crippen molar-refractivity contribution in [1.82, 2.24) is 9.71 Å². The first-order chi connectivity index (χ1) is 9.56. The molecule has 0 spiro atoms. The van der Waals surface area contributed by atoms with Crippen LogP contribution in [0.25, 0.3) is 0 Å². The van der Waals surface area contributed by atoms with Crippen molar-refractivity contribution in [3.05, 3.63) is 23.4 Å². The van der Waals surface area contributed by atoms with Gasteiger partial charge in [-0.3, -0.25) is 0 Å². The molecule has 1 aromatic heterocycles. The monoisotopic (exact) mass is 317 g/mol. The van der Waals surface area contributed by atoms with Crippen LogP contribution in [0.4, 0.5) is 5.82 Å². The zero-order valence-corrected chi connectivity index (χ0v) is 12.4. The van der Waals surface area contributed by atoms with Crippen LogP contribution in [-0.2, 0) is 14.8 Å². The molecule has 3 rings (SSSR count). The number of hydrogen-bond donors (Lipinski definition) is 1. The Morgan fingerprint density at radius 1 is 1.45 bits per heavy atom. The molecule has 6 nitrogen and oxygen atoms in total. The maximum atomic E-state index is 12.0. The lowest BCUT2D eigenvalue weighted by Gasteiger charge is -2.27. The summed E-state index contributed by atoms with van der Waals surface area (Å²) in [5.41, 5.74) is 0. The molecule has 0 radical (unpaired) electrons. The van der Waals surface area contributed by atoms with Gasteiger partial charge in [-0.1, -0.05) is 11.6 Å². The van der Waals surface area contributed by atoms with Gasteiger partial charge in [-0.05, 0) is 18.6 Å². The van der Waals surface area contributed by atoms with Crippen molar-refractivity contribution in [1.29, 1.82) is 0 Å². The first-order valence-electron chi connectivity index (χ1n) is 6.50. The van der Waals surface area contributed by atoms with Crippen LogP contribution in [0.5, 0.6) is 0 Å². The van der Waals surface area contributed by atoms with Gasteiger partial charge in [0.2, 0.25) is 10.0 Å². The fourth-order valence-corrected chi connectivity index (χ4v) is 4.02. The first-order valence-corrected chi connectivity index (χ1v) is 8.43. The highest BCUT2D eigenvalue weighted by molar-refractivity contribution is 7.90. The molecule has 2 saturated heterocycles. The molecule has 110 valence electrons. The molecule has 2 aliphatic rings. The molecule has 1 N–H and O–H groups in total. The van der Waals surface area contributed by atoms with E-state index in [-0.39, 0.29) is 19.3 Å². The van der Waals surface area contributed by atoms with Crippen LogP contribution in [0.15, 0.2) is 18.3 Å². The minimum absolute atomic E-state index is 0.0985. The standard InChI is InChI=1S/C12H16ClN3O3S/c13-11-2-1-4-14-12(11)16-5-3-9(6-16)15-20(17,18)10-7-19-8-10/h1-2,4,9-10,15H,3,5-8H2. The van der Waals surface area contributed by atoms with E-state index in [0.717, 1.165) is 13.0 Å². The van der Waals surface area contributed by atoms with Gasteiger partial charge in [0.05, 0.1) is 18.2 Å². The number of aromatic nitrogens is 1. The third-order valence-corrected chi connectivity index (χ3v) is 5.71. The SMILES string of the molecule is O=S(=O)(NC1CCN(c2ncccc2Cl)C1)C1COC1. The smallest absolute Gasteiger partial charge is 0.219 e. The van der Waals surface area contributed by atoms with Crippen LogP contribution in [0.2, 0.25) is 5.02 Å². The van der Waals surface area contributed by atoms with Gasteiger partial charge in [0.25, 0.3) is 0 Å². The summed E-state index contributed by atoms with van der Waals surface area (Å²) in [7, 11) is -3.28. The Morgan fingerprint density at radius 3 is 2.90 bits per heavy atom. The van der Waals surface area contributed by atoms with Crippen molar-refractivity contribution in [3.8, 4) is 0 Å². The van der Waals surface area contributed by atoms with Gasteiger partial charge in [-0.25, -0.2) is 18.1 Å². The van der Waals surface area contributed by atoms with Crippen molar-refractivity contribution >= 4 is 27.4 Å². The number of anilines is 1. The maximum absolute atomic E-state index is 12.0. The Labute approximate surface area is 123 Å². The van der Waals surface area contributed by atoms with Gasteiger partial charge >= 0.3 is 0 Å². The molecule has 0 bridgehead atoms. The summed E-state index contributed by atoms with van der Waals surface area (Å²) in [5, 5.41) is 0.179. The largest absolute Gasteiger partial charge is 0.378 e. The predicted molar refractivity (Wildman–Crippen MR) is 76.5 cm³/mol. The van der Waals surface area contributed by atoms with Crippen LogP contribution < -0.4 is 9.62 Å². The van der Waals surface area contributed by atoms with Crippen molar-refractivity contribution in [2.75, 3.05) is 31.2 Å². The third-order valence-electron chi connectivity index (χ3n) is 3.60. The second-order valence-corrected chi connectivity index (χ2v) is 7.46. The van der Waals surface area contributed by atoms with Gasteiger partial charge < -0.3 is 9.64 Å². The molecule has 0 aliphatic carbocycles. The molecule has 0 amide bonds. The molecule has 1 unspecified atom stereocenters. The van der Waals surface area contributed by atoms with E-state index in [4.69, 9.17) is 16.3 Å². The molecule has 20 heavy (non-hydrogen) atoms. The van der Waals surface area contributed by atoms with Crippen LogP contribution in [0.1, 0.15) is 6.42 Å². The Morgan fingerprint density at radius 2 is 2.25 bits per heavy atom. The van der Waals surface area contributed by atoms with E-state index in [1.807, 2.05) is 4.90 Å². The summed E-state index contributed by atoms with van der Waals surface area (Å²) in [5.74, 6) is 0.711. The van der Waals surface area contributed by atoms with Crippen molar-refractivity contribution in [3.63, 3.8) is 0 Å². The number of ether oxygens (including phenoxy) is 1. The van der Waals surface area contributed by atoms with E-state index in [1.54, 1.807) is 18.3 Å². The average Bonchev–Trinajstić information content (AvgIpc) is 2.74. The van der Waals surface area contributed by atoms with Gasteiger partial charge in [0.15, 0.2) is 0 Å². The number of hydrogen-bond acceptors (Lipinski definition) is 5. The van der Waals surface area contributed by atoms with Crippen molar-refractivity contribution in [2.24, 2.45) is 0 Å². The fourth-order valence-electron chi connectivity index (χ4n) is 2.38. The molecule has 0 aromatic carbocycles. The second kappa shape index (κ2) is 5.48. The number of pyridine rings is 1. The summed E-state index contributed by atoms with van der Waals surface area (Å²) in [6, 6.07) is 3.46. The molecule has 3 heterocycles. The van der Waals surface area contributed by atoms with Crippen LogP contribution >= 0.6 is 11.6 Å². The van der Waals surface area contributed by atoms with Crippen LogP contribution in [0.3, 0.4) is 0 Å².